The van der Waals surface area contributed by atoms with Crippen LogP contribution in [0.3, 0.4) is 0 Å². The van der Waals surface area contributed by atoms with Gasteiger partial charge in [0.25, 0.3) is 0 Å². The lowest BCUT2D eigenvalue weighted by atomic mass is 9.91. The Balaban J connectivity index is 1.69. The molecule has 0 radical (unpaired) electrons. The summed E-state index contributed by atoms with van der Waals surface area (Å²) < 4.78 is 0. The molecule has 1 heterocycles. The zero-order chi connectivity index (χ0) is 19.4. The Labute approximate surface area is 168 Å². The summed E-state index contributed by atoms with van der Waals surface area (Å²) >= 11 is 4.69. The molecule has 0 unspecified atom stereocenters. The van der Waals surface area contributed by atoms with Crippen LogP contribution in [0.2, 0.25) is 0 Å². The molecule has 3 nitrogen and oxygen atoms in total. The van der Waals surface area contributed by atoms with E-state index in [-0.39, 0.29) is 17.4 Å². The standard InChI is InChI=1S/C23H32N2OS/c1-23(2,3)15-22(26)25(16-20-21(27)10-12-24-20)13-11-17-8-9-18-6-4-5-7-19(18)14-17/h4-9,14,20-21,24,27H,10-13,15-16H2,1-3H3/t20-,21-/m0/s1. The van der Waals surface area contributed by atoms with Gasteiger partial charge in [-0.2, -0.15) is 12.6 Å². The van der Waals surface area contributed by atoms with Crippen molar-refractivity contribution < 1.29 is 4.79 Å². The van der Waals surface area contributed by atoms with E-state index in [9.17, 15) is 4.79 Å². The van der Waals surface area contributed by atoms with Crippen LogP contribution in [0, 0.1) is 5.41 Å². The Morgan fingerprint density at radius 3 is 2.59 bits per heavy atom. The quantitative estimate of drug-likeness (QED) is 0.728. The molecule has 0 saturated carbocycles. The summed E-state index contributed by atoms with van der Waals surface area (Å²) in [6.45, 7) is 8.87. The van der Waals surface area contributed by atoms with Gasteiger partial charge in [0.15, 0.2) is 0 Å². The van der Waals surface area contributed by atoms with E-state index in [0.717, 1.165) is 32.5 Å². The number of nitrogens with zero attached hydrogens (tertiary/aromatic N) is 1. The average Bonchev–Trinajstić information content (AvgIpc) is 3.01. The fourth-order valence-electron chi connectivity index (χ4n) is 3.72. The van der Waals surface area contributed by atoms with Crippen LogP contribution in [0.5, 0.6) is 0 Å². The second kappa shape index (κ2) is 8.66. The summed E-state index contributed by atoms with van der Waals surface area (Å²) in [4.78, 5) is 15.0. The van der Waals surface area contributed by atoms with Crippen LogP contribution >= 0.6 is 12.6 Å². The van der Waals surface area contributed by atoms with Crippen molar-refractivity contribution in [2.75, 3.05) is 19.6 Å². The number of rotatable bonds is 6. The molecule has 0 spiro atoms. The van der Waals surface area contributed by atoms with Crippen LogP contribution in [0.4, 0.5) is 0 Å². The van der Waals surface area contributed by atoms with E-state index in [2.05, 4.69) is 68.6 Å². The van der Waals surface area contributed by atoms with Crippen molar-refractivity contribution in [3.8, 4) is 0 Å². The predicted molar refractivity (Wildman–Crippen MR) is 117 cm³/mol. The summed E-state index contributed by atoms with van der Waals surface area (Å²) in [5, 5.41) is 6.35. The lowest BCUT2D eigenvalue weighted by molar-refractivity contribution is -0.133. The van der Waals surface area contributed by atoms with Crippen molar-refractivity contribution in [2.45, 2.75) is 51.3 Å². The molecule has 2 aromatic rings. The molecule has 146 valence electrons. The Hall–Kier alpha value is -1.52. The van der Waals surface area contributed by atoms with Gasteiger partial charge < -0.3 is 10.2 Å². The van der Waals surface area contributed by atoms with E-state index < -0.39 is 0 Å². The number of carbonyl (C=O) groups is 1. The summed E-state index contributed by atoms with van der Waals surface area (Å²) in [6.07, 6.45) is 2.53. The number of hydrogen-bond donors (Lipinski definition) is 2. The molecule has 0 aliphatic carbocycles. The van der Waals surface area contributed by atoms with Crippen LogP contribution in [0.15, 0.2) is 42.5 Å². The Morgan fingerprint density at radius 1 is 1.19 bits per heavy atom. The first-order chi connectivity index (χ1) is 12.8. The minimum absolute atomic E-state index is 0.00174. The Morgan fingerprint density at radius 2 is 1.93 bits per heavy atom. The van der Waals surface area contributed by atoms with Gasteiger partial charge in [0.05, 0.1) is 0 Å². The maximum Gasteiger partial charge on any atom is 0.223 e. The van der Waals surface area contributed by atoms with Gasteiger partial charge in [0.2, 0.25) is 5.91 Å². The first kappa shape index (κ1) is 20.2. The van der Waals surface area contributed by atoms with Gasteiger partial charge in [-0.3, -0.25) is 4.79 Å². The second-order valence-corrected chi connectivity index (χ2v) is 9.59. The third-order valence-electron chi connectivity index (χ3n) is 5.25. The lowest BCUT2D eigenvalue weighted by Gasteiger charge is -2.30. The van der Waals surface area contributed by atoms with E-state index in [0.29, 0.717) is 11.7 Å². The molecule has 3 rings (SSSR count). The number of amides is 1. The second-order valence-electron chi connectivity index (χ2n) is 8.93. The van der Waals surface area contributed by atoms with Crippen LogP contribution in [-0.2, 0) is 11.2 Å². The molecule has 1 aliphatic rings. The minimum atomic E-state index is 0.00174. The minimum Gasteiger partial charge on any atom is -0.341 e. The first-order valence-corrected chi connectivity index (χ1v) is 10.5. The van der Waals surface area contributed by atoms with Crippen LogP contribution in [0.25, 0.3) is 10.8 Å². The van der Waals surface area contributed by atoms with Crippen molar-refractivity contribution in [2.24, 2.45) is 5.41 Å². The fraction of sp³-hybridized carbons (Fsp3) is 0.522. The lowest BCUT2D eigenvalue weighted by Crippen LogP contribution is -2.45. The molecular weight excluding hydrogens is 352 g/mol. The van der Waals surface area contributed by atoms with Gasteiger partial charge in [-0.15, -0.1) is 0 Å². The third kappa shape index (κ3) is 5.73. The number of thiol groups is 1. The van der Waals surface area contributed by atoms with Crippen molar-refractivity contribution in [3.63, 3.8) is 0 Å². The molecule has 2 aromatic carbocycles. The van der Waals surface area contributed by atoms with Gasteiger partial charge in [0, 0.05) is 30.8 Å². The van der Waals surface area contributed by atoms with Crippen LogP contribution in [0.1, 0.15) is 39.2 Å². The molecule has 4 heteroatoms. The zero-order valence-corrected chi connectivity index (χ0v) is 17.6. The van der Waals surface area contributed by atoms with Gasteiger partial charge in [-0.1, -0.05) is 63.2 Å². The number of benzene rings is 2. The van der Waals surface area contributed by atoms with Crippen molar-refractivity contribution in [1.29, 1.82) is 0 Å². The van der Waals surface area contributed by atoms with Crippen LogP contribution < -0.4 is 5.32 Å². The fourth-order valence-corrected chi connectivity index (χ4v) is 4.05. The summed E-state index contributed by atoms with van der Waals surface area (Å²) in [7, 11) is 0. The molecule has 0 bridgehead atoms. The molecule has 27 heavy (non-hydrogen) atoms. The molecule has 2 atom stereocenters. The highest BCUT2D eigenvalue weighted by Crippen LogP contribution is 2.22. The molecule has 0 aromatic heterocycles. The SMILES string of the molecule is CC(C)(C)CC(=O)N(CCc1ccc2ccccc2c1)C[C@@H]1NCC[C@@H]1S. The summed E-state index contributed by atoms with van der Waals surface area (Å²) in [5.41, 5.74) is 1.28. The van der Waals surface area contributed by atoms with Crippen LogP contribution in [-0.4, -0.2) is 41.7 Å². The smallest absolute Gasteiger partial charge is 0.223 e. The number of carbonyl (C=O) groups excluding carboxylic acids is 1. The highest BCUT2D eigenvalue weighted by Gasteiger charge is 2.29. The molecule has 1 fully saturated rings. The highest BCUT2D eigenvalue weighted by molar-refractivity contribution is 7.81. The predicted octanol–water partition coefficient (Wildman–Crippen LogP) is 4.31. The maximum absolute atomic E-state index is 13.0. The maximum atomic E-state index is 13.0. The van der Waals surface area contributed by atoms with Gasteiger partial charge in [0.1, 0.15) is 0 Å². The van der Waals surface area contributed by atoms with E-state index >= 15 is 0 Å². The third-order valence-corrected chi connectivity index (χ3v) is 5.86. The first-order valence-electron chi connectivity index (χ1n) is 9.99. The number of hydrogen-bond acceptors (Lipinski definition) is 3. The molecular formula is C23H32N2OS. The van der Waals surface area contributed by atoms with Gasteiger partial charge >= 0.3 is 0 Å². The Kier molecular flexibility index (Phi) is 6.48. The average molecular weight is 385 g/mol. The van der Waals surface area contributed by atoms with Crippen molar-refractivity contribution in [3.05, 3.63) is 48.0 Å². The van der Waals surface area contributed by atoms with Gasteiger partial charge in [-0.05, 0) is 41.1 Å². The topological polar surface area (TPSA) is 32.3 Å². The number of fused-ring (bicyclic) bond motifs is 1. The molecule has 1 saturated heterocycles. The molecule has 1 aliphatic heterocycles. The van der Waals surface area contributed by atoms with E-state index in [1.807, 2.05) is 4.90 Å². The normalized spacial score (nSPS) is 20.1. The Bertz CT molecular complexity index is 783. The molecule has 1 amide bonds. The number of nitrogens with one attached hydrogen (secondary N) is 1. The van der Waals surface area contributed by atoms with E-state index in [1.165, 1.54) is 16.3 Å². The largest absolute Gasteiger partial charge is 0.341 e. The zero-order valence-electron chi connectivity index (χ0n) is 16.7. The highest BCUT2D eigenvalue weighted by atomic mass is 32.1. The monoisotopic (exact) mass is 384 g/mol. The van der Waals surface area contributed by atoms with E-state index in [1.54, 1.807) is 0 Å². The van der Waals surface area contributed by atoms with E-state index in [4.69, 9.17) is 12.6 Å². The summed E-state index contributed by atoms with van der Waals surface area (Å²) in [6, 6.07) is 15.3. The molecule has 1 N–H and O–H groups in total. The van der Waals surface area contributed by atoms with Crippen molar-refractivity contribution >= 4 is 29.3 Å². The van der Waals surface area contributed by atoms with Crippen molar-refractivity contribution in [1.82, 2.24) is 10.2 Å². The summed E-state index contributed by atoms with van der Waals surface area (Å²) in [5.74, 6) is 0.248. The van der Waals surface area contributed by atoms with Gasteiger partial charge in [-0.25, -0.2) is 0 Å².